The molecule has 4 heteroatoms. The average molecular weight is 245 g/mol. The van der Waals surface area contributed by atoms with Crippen LogP contribution in [-0.2, 0) is 13.5 Å². The standard InChI is InChI=1S/C14H19N3O/c1-17-11-12(9-16-17)7-8-15-10-14(18)13-5-3-2-4-6-13/h2-6,9,11,14-15,18H,7-8,10H2,1H3. The molecule has 1 aromatic carbocycles. The monoisotopic (exact) mass is 245 g/mol. The predicted octanol–water partition coefficient (Wildman–Crippen LogP) is 1.29. The molecule has 0 bridgehead atoms. The SMILES string of the molecule is Cn1cc(CCNCC(O)c2ccccc2)cn1. The molecule has 1 atom stereocenters. The number of hydrogen-bond donors (Lipinski definition) is 2. The molecule has 0 aliphatic carbocycles. The zero-order valence-electron chi connectivity index (χ0n) is 10.6. The van der Waals surface area contributed by atoms with Crippen molar-refractivity contribution in [1.29, 1.82) is 0 Å². The summed E-state index contributed by atoms with van der Waals surface area (Å²) in [6, 6.07) is 9.70. The van der Waals surface area contributed by atoms with Crippen LogP contribution in [0.1, 0.15) is 17.2 Å². The summed E-state index contributed by atoms with van der Waals surface area (Å²) in [6.45, 7) is 1.42. The van der Waals surface area contributed by atoms with Crippen molar-refractivity contribution in [3.05, 3.63) is 53.9 Å². The number of hydrogen-bond acceptors (Lipinski definition) is 3. The number of aliphatic hydroxyl groups is 1. The van der Waals surface area contributed by atoms with Crippen LogP contribution in [0, 0.1) is 0 Å². The molecule has 1 heterocycles. The first-order valence-electron chi connectivity index (χ1n) is 6.17. The molecule has 0 saturated carbocycles. The van der Waals surface area contributed by atoms with E-state index in [1.807, 2.05) is 49.8 Å². The Hall–Kier alpha value is -1.65. The molecule has 2 N–H and O–H groups in total. The van der Waals surface area contributed by atoms with Crippen molar-refractivity contribution in [2.75, 3.05) is 13.1 Å². The molecule has 0 spiro atoms. The van der Waals surface area contributed by atoms with Crippen LogP contribution in [-0.4, -0.2) is 28.0 Å². The van der Waals surface area contributed by atoms with Gasteiger partial charge < -0.3 is 10.4 Å². The summed E-state index contributed by atoms with van der Waals surface area (Å²) in [5.74, 6) is 0. The zero-order valence-corrected chi connectivity index (χ0v) is 10.6. The van der Waals surface area contributed by atoms with Gasteiger partial charge in [0.25, 0.3) is 0 Å². The van der Waals surface area contributed by atoms with Gasteiger partial charge in [0.05, 0.1) is 12.3 Å². The zero-order chi connectivity index (χ0) is 12.8. The summed E-state index contributed by atoms with van der Waals surface area (Å²) in [6.07, 6.45) is 4.36. The van der Waals surface area contributed by atoms with Gasteiger partial charge in [-0.1, -0.05) is 30.3 Å². The maximum atomic E-state index is 9.94. The predicted molar refractivity (Wildman–Crippen MR) is 71.2 cm³/mol. The molecular weight excluding hydrogens is 226 g/mol. The molecule has 2 rings (SSSR count). The molecule has 0 saturated heterocycles. The van der Waals surface area contributed by atoms with Crippen molar-refractivity contribution in [2.45, 2.75) is 12.5 Å². The van der Waals surface area contributed by atoms with E-state index >= 15 is 0 Å². The smallest absolute Gasteiger partial charge is 0.0914 e. The lowest BCUT2D eigenvalue weighted by molar-refractivity contribution is 0.175. The van der Waals surface area contributed by atoms with Gasteiger partial charge in [-0.25, -0.2) is 0 Å². The molecule has 1 aromatic heterocycles. The number of rotatable bonds is 6. The molecule has 0 aliphatic rings. The molecule has 18 heavy (non-hydrogen) atoms. The molecular formula is C14H19N3O. The second-order valence-corrected chi connectivity index (χ2v) is 4.40. The summed E-state index contributed by atoms with van der Waals surface area (Å²) in [5, 5.41) is 17.3. The number of aliphatic hydroxyl groups excluding tert-OH is 1. The van der Waals surface area contributed by atoms with Gasteiger partial charge in [0, 0.05) is 19.8 Å². The summed E-state index contributed by atoms with van der Waals surface area (Å²) in [5.41, 5.74) is 2.16. The number of aromatic nitrogens is 2. The molecule has 0 radical (unpaired) electrons. The van der Waals surface area contributed by atoms with Crippen LogP contribution in [0.15, 0.2) is 42.7 Å². The lowest BCUT2D eigenvalue weighted by Crippen LogP contribution is -2.23. The van der Waals surface area contributed by atoms with Gasteiger partial charge in [0.2, 0.25) is 0 Å². The van der Waals surface area contributed by atoms with Gasteiger partial charge in [-0.15, -0.1) is 0 Å². The third kappa shape index (κ3) is 3.68. The number of nitrogens with zero attached hydrogens (tertiary/aromatic N) is 2. The van der Waals surface area contributed by atoms with Crippen LogP contribution < -0.4 is 5.32 Å². The summed E-state index contributed by atoms with van der Waals surface area (Å²) in [4.78, 5) is 0. The summed E-state index contributed by atoms with van der Waals surface area (Å²) >= 11 is 0. The fourth-order valence-electron chi connectivity index (χ4n) is 1.87. The molecule has 0 fully saturated rings. The third-order valence-electron chi connectivity index (χ3n) is 2.87. The Morgan fingerprint density at radius 2 is 2.11 bits per heavy atom. The Balaban J connectivity index is 1.69. The Kier molecular flexibility index (Phi) is 4.50. The van der Waals surface area contributed by atoms with E-state index in [-0.39, 0.29) is 0 Å². The number of nitrogens with one attached hydrogen (secondary N) is 1. The lowest BCUT2D eigenvalue weighted by Gasteiger charge is -2.11. The first kappa shape index (κ1) is 12.8. The first-order valence-corrected chi connectivity index (χ1v) is 6.17. The fraction of sp³-hybridized carbons (Fsp3) is 0.357. The van der Waals surface area contributed by atoms with Crippen molar-refractivity contribution in [3.8, 4) is 0 Å². The maximum Gasteiger partial charge on any atom is 0.0914 e. The average Bonchev–Trinajstić information content (AvgIpc) is 2.81. The van der Waals surface area contributed by atoms with Crippen LogP contribution in [0.4, 0.5) is 0 Å². The molecule has 0 amide bonds. The Morgan fingerprint density at radius 1 is 1.33 bits per heavy atom. The molecule has 2 aromatic rings. The highest BCUT2D eigenvalue weighted by atomic mass is 16.3. The highest BCUT2D eigenvalue weighted by Crippen LogP contribution is 2.10. The Labute approximate surface area is 107 Å². The lowest BCUT2D eigenvalue weighted by atomic mass is 10.1. The van der Waals surface area contributed by atoms with Crippen molar-refractivity contribution in [1.82, 2.24) is 15.1 Å². The van der Waals surface area contributed by atoms with Gasteiger partial charge in [-0.2, -0.15) is 5.10 Å². The quantitative estimate of drug-likeness (QED) is 0.754. The fourth-order valence-corrected chi connectivity index (χ4v) is 1.87. The van der Waals surface area contributed by atoms with Crippen LogP contribution in [0.25, 0.3) is 0 Å². The minimum absolute atomic E-state index is 0.444. The van der Waals surface area contributed by atoms with Crippen molar-refractivity contribution in [3.63, 3.8) is 0 Å². The van der Waals surface area contributed by atoms with E-state index in [0.717, 1.165) is 18.5 Å². The highest BCUT2D eigenvalue weighted by Gasteiger charge is 2.05. The third-order valence-corrected chi connectivity index (χ3v) is 2.87. The van der Waals surface area contributed by atoms with E-state index in [4.69, 9.17) is 0 Å². The topological polar surface area (TPSA) is 50.1 Å². The molecule has 1 unspecified atom stereocenters. The van der Waals surface area contributed by atoms with Crippen molar-refractivity contribution in [2.24, 2.45) is 7.05 Å². The minimum atomic E-state index is -0.444. The molecule has 0 aliphatic heterocycles. The Bertz CT molecular complexity index is 467. The van der Waals surface area contributed by atoms with E-state index in [2.05, 4.69) is 10.4 Å². The second kappa shape index (κ2) is 6.33. The van der Waals surface area contributed by atoms with Crippen LogP contribution >= 0.6 is 0 Å². The van der Waals surface area contributed by atoms with Gasteiger partial charge in [-0.3, -0.25) is 4.68 Å². The van der Waals surface area contributed by atoms with E-state index in [1.165, 1.54) is 5.56 Å². The molecule has 4 nitrogen and oxygen atoms in total. The highest BCUT2D eigenvalue weighted by molar-refractivity contribution is 5.17. The number of benzene rings is 1. The van der Waals surface area contributed by atoms with Crippen LogP contribution in [0.2, 0.25) is 0 Å². The van der Waals surface area contributed by atoms with E-state index in [1.54, 1.807) is 4.68 Å². The van der Waals surface area contributed by atoms with Gasteiger partial charge in [-0.05, 0) is 24.1 Å². The van der Waals surface area contributed by atoms with E-state index < -0.39 is 6.10 Å². The first-order chi connectivity index (χ1) is 8.75. The van der Waals surface area contributed by atoms with Crippen LogP contribution in [0.3, 0.4) is 0 Å². The maximum absolute atomic E-state index is 9.94. The van der Waals surface area contributed by atoms with E-state index in [0.29, 0.717) is 6.54 Å². The van der Waals surface area contributed by atoms with Gasteiger partial charge in [0.15, 0.2) is 0 Å². The largest absolute Gasteiger partial charge is 0.387 e. The molecule has 96 valence electrons. The van der Waals surface area contributed by atoms with Gasteiger partial charge in [0.1, 0.15) is 0 Å². The second-order valence-electron chi connectivity index (χ2n) is 4.40. The number of aryl methyl sites for hydroxylation is 1. The normalized spacial score (nSPS) is 12.6. The summed E-state index contributed by atoms with van der Waals surface area (Å²) in [7, 11) is 1.91. The minimum Gasteiger partial charge on any atom is -0.387 e. The van der Waals surface area contributed by atoms with Gasteiger partial charge >= 0.3 is 0 Å². The van der Waals surface area contributed by atoms with Crippen LogP contribution in [0.5, 0.6) is 0 Å². The Morgan fingerprint density at radius 3 is 2.78 bits per heavy atom. The van der Waals surface area contributed by atoms with E-state index in [9.17, 15) is 5.11 Å². The van der Waals surface area contributed by atoms with Crippen molar-refractivity contribution < 1.29 is 5.11 Å². The van der Waals surface area contributed by atoms with Crippen molar-refractivity contribution >= 4 is 0 Å². The summed E-state index contributed by atoms with van der Waals surface area (Å²) < 4.78 is 1.80.